The van der Waals surface area contributed by atoms with Crippen molar-refractivity contribution in [2.75, 3.05) is 0 Å². The van der Waals surface area contributed by atoms with E-state index < -0.39 is 0 Å². The van der Waals surface area contributed by atoms with Crippen molar-refractivity contribution in [2.24, 2.45) is 0 Å². The molecule has 1 heterocycles. The molecule has 3 aromatic rings. The summed E-state index contributed by atoms with van der Waals surface area (Å²) in [5, 5.41) is 0. The first kappa shape index (κ1) is 19.2. The van der Waals surface area contributed by atoms with Gasteiger partial charge in [-0.25, -0.2) is 9.13 Å². The third-order valence-electron chi connectivity index (χ3n) is 4.06. The molecule has 0 atom stereocenters. The molecule has 0 saturated carbocycles. The fourth-order valence-electron chi connectivity index (χ4n) is 3.24. The molecule has 0 N–H and O–H groups in total. The molecule has 0 radical (unpaired) electrons. The first-order valence-corrected chi connectivity index (χ1v) is 9.09. The number of imidazole rings is 1. The molecule has 2 nitrogen and oxygen atoms in total. The maximum atomic E-state index is 3.57. The second-order valence-corrected chi connectivity index (χ2v) is 7.84. The zero-order valence-electron chi connectivity index (χ0n) is 14.1. The predicted octanol–water partition coefficient (Wildman–Crippen LogP) is 2.52. The van der Waals surface area contributed by atoms with Gasteiger partial charge in [-0.2, -0.15) is 0 Å². The number of aromatic nitrogens is 2. The molecule has 1 aromatic heterocycles. The van der Waals surface area contributed by atoms with E-state index in [2.05, 4.69) is 112 Å². The second-order valence-electron chi connectivity index (χ2n) is 6.00. The van der Waals surface area contributed by atoms with Gasteiger partial charge in [-0.3, -0.25) is 0 Å². The maximum absolute atomic E-state index is 3.57. The van der Waals surface area contributed by atoms with Crippen molar-refractivity contribution in [3.05, 3.63) is 74.2 Å². The van der Waals surface area contributed by atoms with E-state index in [1.165, 1.54) is 33.6 Å². The molecule has 0 bridgehead atoms. The van der Waals surface area contributed by atoms with Gasteiger partial charge in [-0.1, -0.05) is 31.9 Å². The third kappa shape index (κ3) is 3.61. The molecule has 3 rings (SSSR count). The van der Waals surface area contributed by atoms with Crippen LogP contribution in [0.3, 0.4) is 0 Å². The summed E-state index contributed by atoms with van der Waals surface area (Å²) in [7, 11) is 0. The number of hydrogen-bond donors (Lipinski definition) is 0. The summed E-state index contributed by atoms with van der Waals surface area (Å²) >= 11 is 7.14. The zero-order chi connectivity index (χ0) is 16.7. The van der Waals surface area contributed by atoms with Gasteiger partial charge < -0.3 is 12.4 Å². The molecule has 0 unspecified atom stereocenters. The minimum absolute atomic E-state index is 0. The molecule has 24 heavy (non-hydrogen) atoms. The number of halogens is 3. The molecule has 2 aromatic carbocycles. The first-order chi connectivity index (χ1) is 10.9. The van der Waals surface area contributed by atoms with Crippen LogP contribution in [0.2, 0.25) is 0 Å². The predicted molar refractivity (Wildman–Crippen MR) is 102 cm³/mol. The second kappa shape index (κ2) is 7.42. The minimum atomic E-state index is 0. The molecule has 5 heteroatoms. The van der Waals surface area contributed by atoms with Crippen LogP contribution in [0.25, 0.3) is 11.4 Å². The van der Waals surface area contributed by atoms with E-state index in [9.17, 15) is 0 Å². The van der Waals surface area contributed by atoms with Crippen LogP contribution in [0.4, 0.5) is 0 Å². The van der Waals surface area contributed by atoms with E-state index in [-0.39, 0.29) is 12.4 Å². The molecule has 0 aliphatic carbocycles. The number of aryl methyl sites for hydroxylation is 4. The smallest absolute Gasteiger partial charge is 0.254 e. The van der Waals surface area contributed by atoms with Crippen LogP contribution in [0.5, 0.6) is 0 Å². The molecule has 126 valence electrons. The van der Waals surface area contributed by atoms with Gasteiger partial charge >= 0.3 is 0 Å². The monoisotopic (exact) mass is 468 g/mol. The highest BCUT2D eigenvalue weighted by atomic mass is 79.9. The first-order valence-electron chi connectivity index (χ1n) is 7.50. The largest absolute Gasteiger partial charge is 1.00 e. The molecule has 0 fully saturated rings. The van der Waals surface area contributed by atoms with Gasteiger partial charge in [0.1, 0.15) is 23.8 Å². The van der Waals surface area contributed by atoms with E-state index in [0.29, 0.717) is 0 Å². The van der Waals surface area contributed by atoms with Crippen molar-refractivity contribution < 1.29 is 17.0 Å². The lowest BCUT2D eigenvalue weighted by atomic mass is 10.1. The van der Waals surface area contributed by atoms with Gasteiger partial charge in [0.05, 0.1) is 0 Å². The van der Waals surface area contributed by atoms with Gasteiger partial charge in [-0.15, -0.1) is 0 Å². The van der Waals surface area contributed by atoms with Gasteiger partial charge in [0.2, 0.25) is 0 Å². The van der Waals surface area contributed by atoms with Crippen LogP contribution >= 0.6 is 31.9 Å². The van der Waals surface area contributed by atoms with Crippen molar-refractivity contribution in [1.29, 1.82) is 0 Å². The lowest BCUT2D eigenvalue weighted by Gasteiger charge is -2.08. The number of hydrogen-bond acceptors (Lipinski definition) is 0. The molecule has 0 aliphatic heterocycles. The van der Waals surface area contributed by atoms with E-state index >= 15 is 0 Å². The van der Waals surface area contributed by atoms with Gasteiger partial charge in [0, 0.05) is 8.95 Å². The Balaban J connectivity index is 0.00000208. The Labute approximate surface area is 166 Å². The van der Waals surface area contributed by atoms with Gasteiger partial charge in [0.15, 0.2) is 0 Å². The van der Waals surface area contributed by atoms with Crippen molar-refractivity contribution >= 4 is 31.9 Å². The fraction of sp³-hybridized carbons (Fsp3) is 0.211. The van der Waals surface area contributed by atoms with E-state index in [0.717, 1.165) is 8.95 Å². The molecule has 0 aliphatic rings. The van der Waals surface area contributed by atoms with E-state index in [4.69, 9.17) is 0 Å². The van der Waals surface area contributed by atoms with Crippen LogP contribution in [0.15, 0.2) is 51.9 Å². The average Bonchev–Trinajstić information content (AvgIpc) is 2.85. The van der Waals surface area contributed by atoms with Gasteiger partial charge in [-0.05, 0) is 74.2 Å². The van der Waals surface area contributed by atoms with Crippen molar-refractivity contribution in [2.45, 2.75) is 27.7 Å². The fourth-order valence-corrected chi connectivity index (χ4v) is 4.61. The van der Waals surface area contributed by atoms with Crippen LogP contribution in [0.1, 0.15) is 22.3 Å². The Morgan fingerprint density at radius 2 is 1.25 bits per heavy atom. The third-order valence-corrected chi connectivity index (χ3v) is 4.98. The lowest BCUT2D eigenvalue weighted by Crippen LogP contribution is -3.00. The van der Waals surface area contributed by atoms with Crippen LogP contribution in [-0.2, 0) is 0 Å². The summed E-state index contributed by atoms with van der Waals surface area (Å²) in [6, 6.07) is 8.62. The van der Waals surface area contributed by atoms with Crippen molar-refractivity contribution in [3.63, 3.8) is 0 Å². The highest BCUT2D eigenvalue weighted by Crippen LogP contribution is 2.24. The number of rotatable bonds is 2. The van der Waals surface area contributed by atoms with E-state index in [1.54, 1.807) is 0 Å². The Morgan fingerprint density at radius 3 is 1.75 bits per heavy atom. The summed E-state index contributed by atoms with van der Waals surface area (Å²) in [6.45, 7) is 8.59. The Bertz CT molecular complexity index is 782. The molecule has 0 spiro atoms. The van der Waals surface area contributed by atoms with Crippen LogP contribution in [-0.4, -0.2) is 4.57 Å². The highest BCUT2D eigenvalue weighted by molar-refractivity contribution is 9.10. The summed E-state index contributed by atoms with van der Waals surface area (Å²) in [5.41, 5.74) is 7.49. The SMILES string of the molecule is Cc1cc(Br)cc(C)c1-n1cc[n+](-c2c(C)cc(Br)cc2C)c1.[Cl-]. The lowest BCUT2D eigenvalue weighted by molar-refractivity contribution is -0.595. The number of benzene rings is 2. The zero-order valence-corrected chi connectivity index (χ0v) is 18.0. The molecule has 0 saturated heterocycles. The van der Waals surface area contributed by atoms with Crippen molar-refractivity contribution in [3.8, 4) is 11.4 Å². The van der Waals surface area contributed by atoms with Crippen LogP contribution in [0, 0.1) is 27.7 Å². The standard InChI is InChI=1S/C19H19Br2N2.ClH/c1-12-7-16(20)8-13(2)18(12)22-5-6-23(11-22)19-14(3)9-17(21)10-15(19)4;/h5-11H,1-4H3;1H/q+1;/p-1. The molecule has 0 amide bonds. The summed E-state index contributed by atoms with van der Waals surface area (Å²) in [6.07, 6.45) is 6.38. The summed E-state index contributed by atoms with van der Waals surface area (Å²) < 4.78 is 6.63. The quantitative estimate of drug-likeness (QED) is 0.509. The molecular weight excluding hydrogens is 451 g/mol. The normalized spacial score (nSPS) is 10.6. The van der Waals surface area contributed by atoms with Crippen LogP contribution < -0.4 is 17.0 Å². The minimum Gasteiger partial charge on any atom is -1.00 e. The maximum Gasteiger partial charge on any atom is 0.254 e. The summed E-state index contributed by atoms with van der Waals surface area (Å²) in [4.78, 5) is 0. The topological polar surface area (TPSA) is 8.81 Å². The Hall–Kier alpha value is -1.10. The molecular formula is C19H19Br2ClN2. The highest BCUT2D eigenvalue weighted by Gasteiger charge is 2.17. The Morgan fingerprint density at radius 1 is 0.792 bits per heavy atom. The number of nitrogens with zero attached hydrogens (tertiary/aromatic N) is 2. The van der Waals surface area contributed by atoms with Crippen molar-refractivity contribution in [1.82, 2.24) is 4.57 Å². The summed E-state index contributed by atoms with van der Waals surface area (Å²) in [5.74, 6) is 0. The Kier molecular flexibility index (Phi) is 5.95. The average molecular weight is 471 g/mol. The van der Waals surface area contributed by atoms with Gasteiger partial charge in [0.25, 0.3) is 6.33 Å². The van der Waals surface area contributed by atoms with E-state index in [1.807, 2.05) is 0 Å².